The zero-order valence-corrected chi connectivity index (χ0v) is 12.0. The monoisotopic (exact) mass is 299 g/mol. The van der Waals surface area contributed by atoms with Gasteiger partial charge >= 0.3 is 5.97 Å². The molecule has 1 N–H and O–H groups in total. The van der Waals surface area contributed by atoms with Crippen LogP contribution < -0.4 is 4.90 Å². The van der Waals surface area contributed by atoms with E-state index >= 15 is 0 Å². The number of thiophene rings is 1. The number of carbonyl (C=O) groups is 2. The molecule has 106 valence electrons. The van der Waals surface area contributed by atoms with E-state index in [1.807, 2.05) is 24.3 Å². The molecule has 1 aliphatic heterocycles. The van der Waals surface area contributed by atoms with E-state index in [1.165, 1.54) is 23.0 Å². The van der Waals surface area contributed by atoms with Crippen molar-refractivity contribution in [1.29, 1.82) is 0 Å². The molecular weight excluding hydrogens is 286 g/mol. The molecule has 0 fully saturated rings. The van der Waals surface area contributed by atoms with Crippen LogP contribution >= 0.6 is 11.3 Å². The molecular formula is C16H13NO3S. The van der Waals surface area contributed by atoms with Gasteiger partial charge in [-0.25, -0.2) is 4.79 Å². The molecule has 2 heterocycles. The fraction of sp³-hybridized carbons (Fsp3) is 0.125. The molecule has 0 saturated carbocycles. The van der Waals surface area contributed by atoms with Gasteiger partial charge in [-0.3, -0.25) is 4.79 Å². The van der Waals surface area contributed by atoms with Gasteiger partial charge in [0, 0.05) is 28.6 Å². The van der Waals surface area contributed by atoms with Crippen LogP contribution in [0.15, 0.2) is 41.8 Å². The van der Waals surface area contributed by atoms with Crippen molar-refractivity contribution in [3.8, 4) is 0 Å². The fourth-order valence-electron chi connectivity index (χ4n) is 2.41. The third-order valence-electron chi connectivity index (χ3n) is 3.39. The number of hydrogen-bond donors (Lipinski definition) is 1. The van der Waals surface area contributed by atoms with Crippen LogP contribution in [0.4, 0.5) is 5.69 Å². The summed E-state index contributed by atoms with van der Waals surface area (Å²) in [6.45, 7) is 0.689. The standard InChI is InChI=1S/C16H13NO3S/c18-15(19)6-5-13-9-12(10-21-13)16(20)17-8-7-11-3-1-2-4-14(11)17/h1-6,9-10H,7-8H2,(H,18,19). The molecule has 4 nitrogen and oxygen atoms in total. The van der Waals surface area contributed by atoms with E-state index in [-0.39, 0.29) is 5.91 Å². The minimum Gasteiger partial charge on any atom is -0.478 e. The molecule has 0 aliphatic carbocycles. The van der Waals surface area contributed by atoms with Gasteiger partial charge in [-0.05, 0) is 30.2 Å². The first kappa shape index (κ1) is 13.6. The average molecular weight is 299 g/mol. The van der Waals surface area contributed by atoms with Crippen LogP contribution in [0, 0.1) is 0 Å². The third-order valence-corrected chi connectivity index (χ3v) is 4.29. The Morgan fingerprint density at radius 1 is 1.29 bits per heavy atom. The predicted molar refractivity (Wildman–Crippen MR) is 82.8 cm³/mol. The number of rotatable bonds is 3. The SMILES string of the molecule is O=C(O)C=Cc1cc(C(=O)N2CCc3ccccc32)cs1. The van der Waals surface area contributed by atoms with Crippen molar-refractivity contribution in [1.82, 2.24) is 0 Å². The van der Waals surface area contributed by atoms with Crippen LogP contribution in [-0.2, 0) is 11.2 Å². The number of carboxylic acid groups (broad SMARTS) is 1. The predicted octanol–water partition coefficient (Wildman–Crippen LogP) is 3.05. The molecule has 21 heavy (non-hydrogen) atoms. The molecule has 0 spiro atoms. The van der Waals surface area contributed by atoms with Gasteiger partial charge in [0.25, 0.3) is 5.91 Å². The van der Waals surface area contributed by atoms with Crippen LogP contribution in [0.25, 0.3) is 6.08 Å². The molecule has 0 atom stereocenters. The number of benzene rings is 1. The van der Waals surface area contributed by atoms with Gasteiger partial charge in [-0.15, -0.1) is 11.3 Å². The van der Waals surface area contributed by atoms with E-state index in [0.717, 1.165) is 23.1 Å². The largest absolute Gasteiger partial charge is 0.478 e. The van der Waals surface area contributed by atoms with E-state index in [2.05, 4.69) is 0 Å². The van der Waals surface area contributed by atoms with Gasteiger partial charge in [0.2, 0.25) is 0 Å². The molecule has 0 saturated heterocycles. The second-order valence-corrected chi connectivity index (χ2v) is 5.69. The number of para-hydroxylation sites is 1. The Morgan fingerprint density at radius 3 is 2.90 bits per heavy atom. The quantitative estimate of drug-likeness (QED) is 0.886. The van der Waals surface area contributed by atoms with Crippen molar-refractivity contribution in [2.45, 2.75) is 6.42 Å². The molecule has 0 radical (unpaired) electrons. The van der Waals surface area contributed by atoms with Crippen molar-refractivity contribution in [2.24, 2.45) is 0 Å². The maximum absolute atomic E-state index is 12.6. The average Bonchev–Trinajstić information content (AvgIpc) is 3.11. The summed E-state index contributed by atoms with van der Waals surface area (Å²) < 4.78 is 0. The lowest BCUT2D eigenvalue weighted by Crippen LogP contribution is -2.28. The summed E-state index contributed by atoms with van der Waals surface area (Å²) in [5.41, 5.74) is 2.75. The molecule has 2 aromatic rings. The highest BCUT2D eigenvalue weighted by molar-refractivity contribution is 7.11. The highest BCUT2D eigenvalue weighted by atomic mass is 32.1. The summed E-state index contributed by atoms with van der Waals surface area (Å²) >= 11 is 1.36. The number of aliphatic carboxylic acids is 1. The minimum absolute atomic E-state index is 0.0359. The van der Waals surface area contributed by atoms with Crippen molar-refractivity contribution >= 4 is 35.0 Å². The lowest BCUT2D eigenvalue weighted by Gasteiger charge is -2.16. The van der Waals surface area contributed by atoms with Crippen LogP contribution in [-0.4, -0.2) is 23.5 Å². The first-order chi connectivity index (χ1) is 10.1. The molecule has 1 aliphatic rings. The summed E-state index contributed by atoms with van der Waals surface area (Å²) in [5, 5.41) is 10.4. The number of carboxylic acids is 1. The molecule has 0 unspecified atom stereocenters. The smallest absolute Gasteiger partial charge is 0.328 e. The van der Waals surface area contributed by atoms with Gasteiger partial charge in [-0.2, -0.15) is 0 Å². The van der Waals surface area contributed by atoms with Crippen LogP contribution in [0.5, 0.6) is 0 Å². The van der Waals surface area contributed by atoms with Crippen LogP contribution in [0.3, 0.4) is 0 Å². The Labute approximate surface area is 126 Å². The number of nitrogens with zero attached hydrogens (tertiary/aromatic N) is 1. The second-order valence-electron chi connectivity index (χ2n) is 4.74. The fourth-order valence-corrected chi connectivity index (χ4v) is 3.18. The maximum Gasteiger partial charge on any atom is 0.328 e. The number of carbonyl (C=O) groups excluding carboxylic acids is 1. The zero-order chi connectivity index (χ0) is 14.8. The van der Waals surface area contributed by atoms with Gasteiger partial charge in [0.1, 0.15) is 0 Å². The maximum atomic E-state index is 12.6. The lowest BCUT2D eigenvalue weighted by atomic mass is 10.2. The summed E-state index contributed by atoms with van der Waals surface area (Å²) in [7, 11) is 0. The number of anilines is 1. The summed E-state index contributed by atoms with van der Waals surface area (Å²) in [6, 6.07) is 9.63. The first-order valence-corrected chi connectivity index (χ1v) is 7.42. The molecule has 3 rings (SSSR count). The lowest BCUT2D eigenvalue weighted by molar-refractivity contribution is -0.131. The van der Waals surface area contributed by atoms with E-state index < -0.39 is 5.97 Å². The normalized spacial score (nSPS) is 13.6. The summed E-state index contributed by atoms with van der Waals surface area (Å²) in [5.74, 6) is -1.03. The zero-order valence-electron chi connectivity index (χ0n) is 11.2. The summed E-state index contributed by atoms with van der Waals surface area (Å²) in [6.07, 6.45) is 3.45. The van der Waals surface area contributed by atoms with Crippen LogP contribution in [0.2, 0.25) is 0 Å². The van der Waals surface area contributed by atoms with Gasteiger partial charge in [0.05, 0.1) is 5.56 Å². The Morgan fingerprint density at radius 2 is 2.10 bits per heavy atom. The van der Waals surface area contributed by atoms with Gasteiger partial charge < -0.3 is 10.0 Å². The number of hydrogen-bond acceptors (Lipinski definition) is 3. The number of fused-ring (bicyclic) bond motifs is 1. The van der Waals surface area contributed by atoms with Crippen LogP contribution in [0.1, 0.15) is 20.8 Å². The van der Waals surface area contributed by atoms with Crippen molar-refractivity contribution < 1.29 is 14.7 Å². The highest BCUT2D eigenvalue weighted by Gasteiger charge is 2.25. The van der Waals surface area contributed by atoms with E-state index in [9.17, 15) is 9.59 Å². The molecule has 1 aromatic heterocycles. The highest BCUT2D eigenvalue weighted by Crippen LogP contribution is 2.29. The topological polar surface area (TPSA) is 57.6 Å². The van der Waals surface area contributed by atoms with Crippen molar-refractivity contribution in [3.63, 3.8) is 0 Å². The third kappa shape index (κ3) is 2.73. The van der Waals surface area contributed by atoms with Crippen molar-refractivity contribution in [3.05, 3.63) is 57.8 Å². The van der Waals surface area contributed by atoms with E-state index in [4.69, 9.17) is 5.11 Å². The molecule has 1 aromatic carbocycles. The Kier molecular flexibility index (Phi) is 3.58. The Balaban J connectivity index is 1.82. The first-order valence-electron chi connectivity index (χ1n) is 6.54. The van der Waals surface area contributed by atoms with E-state index in [0.29, 0.717) is 12.1 Å². The van der Waals surface area contributed by atoms with Gasteiger partial charge in [-0.1, -0.05) is 18.2 Å². The number of amides is 1. The van der Waals surface area contributed by atoms with Crippen molar-refractivity contribution in [2.75, 3.05) is 11.4 Å². The van der Waals surface area contributed by atoms with Gasteiger partial charge in [0.15, 0.2) is 0 Å². The molecule has 0 bridgehead atoms. The summed E-state index contributed by atoms with van der Waals surface area (Å²) in [4.78, 5) is 25.6. The molecule has 5 heteroatoms. The minimum atomic E-state index is -0.996. The Hall–Kier alpha value is -2.40. The Bertz CT molecular complexity index is 733. The van der Waals surface area contributed by atoms with E-state index in [1.54, 1.807) is 16.3 Å². The molecule has 1 amide bonds. The second kappa shape index (κ2) is 5.54.